The van der Waals surface area contributed by atoms with E-state index >= 15 is 0 Å². The van der Waals surface area contributed by atoms with E-state index in [1.54, 1.807) is 12.1 Å². The maximum atomic E-state index is 14.7. The van der Waals surface area contributed by atoms with Gasteiger partial charge < -0.3 is 9.47 Å². The molecule has 0 N–H and O–H groups in total. The number of nitrogens with zero attached hydrogens (tertiary/aromatic N) is 3. The molecule has 0 amide bonds. The molecule has 2 fully saturated rings. The summed E-state index contributed by atoms with van der Waals surface area (Å²) in [6.45, 7) is 4.89. The molecule has 0 atom stereocenters. The van der Waals surface area contributed by atoms with Gasteiger partial charge in [-0.25, -0.2) is 9.37 Å². The van der Waals surface area contributed by atoms with E-state index in [2.05, 4.69) is 16.0 Å². The zero-order valence-corrected chi connectivity index (χ0v) is 18.7. The smallest absolute Gasteiger partial charge is 0.275 e. The Hall–Kier alpha value is -2.55. The van der Waals surface area contributed by atoms with E-state index in [0.717, 1.165) is 50.6 Å². The lowest BCUT2D eigenvalue weighted by atomic mass is 10.1. The largest absolute Gasteiger partial charge is 0.489 e. The normalized spacial score (nSPS) is 17.2. The lowest BCUT2D eigenvalue weighted by Gasteiger charge is -2.15. The molecule has 6 nitrogen and oxygen atoms in total. The van der Waals surface area contributed by atoms with Crippen LogP contribution in [0.3, 0.4) is 0 Å². The van der Waals surface area contributed by atoms with Crippen molar-refractivity contribution in [1.29, 1.82) is 0 Å². The highest BCUT2D eigenvalue weighted by molar-refractivity contribution is 7.19. The molecule has 2 aliphatic rings. The van der Waals surface area contributed by atoms with Crippen LogP contribution in [0.25, 0.3) is 22.0 Å². The molecule has 0 saturated carbocycles. The number of hydrogen-bond acceptors (Lipinski definition) is 6. The molecule has 2 aromatic heterocycles. The molecular weight excluding hydrogens is 429 g/mol. The molecule has 0 bridgehead atoms. The van der Waals surface area contributed by atoms with E-state index < -0.39 is 5.82 Å². The van der Waals surface area contributed by atoms with Gasteiger partial charge in [-0.1, -0.05) is 5.57 Å². The van der Waals surface area contributed by atoms with Gasteiger partial charge in [0.15, 0.2) is 11.6 Å². The maximum absolute atomic E-state index is 14.7. The molecule has 0 radical (unpaired) electrons. The van der Waals surface area contributed by atoms with Gasteiger partial charge in [0.1, 0.15) is 17.6 Å². The summed E-state index contributed by atoms with van der Waals surface area (Å²) in [5.74, 6) is -0.274. The van der Waals surface area contributed by atoms with E-state index in [4.69, 9.17) is 9.47 Å². The van der Waals surface area contributed by atoms with Gasteiger partial charge in [0.25, 0.3) is 5.56 Å². The first-order chi connectivity index (χ1) is 15.7. The van der Waals surface area contributed by atoms with Crippen LogP contribution in [0.2, 0.25) is 0 Å². The van der Waals surface area contributed by atoms with Gasteiger partial charge in [-0.15, -0.1) is 11.3 Å². The van der Waals surface area contributed by atoms with Crippen molar-refractivity contribution >= 4 is 27.6 Å². The van der Waals surface area contributed by atoms with Gasteiger partial charge in [-0.2, -0.15) is 0 Å². The first-order valence-electron chi connectivity index (χ1n) is 11.1. The monoisotopic (exact) mass is 455 g/mol. The third kappa shape index (κ3) is 4.62. The topological polar surface area (TPSA) is 56.6 Å². The van der Waals surface area contributed by atoms with Crippen LogP contribution in [-0.2, 0) is 4.74 Å². The summed E-state index contributed by atoms with van der Waals surface area (Å²) < 4.78 is 27.6. The number of rotatable bonds is 6. The van der Waals surface area contributed by atoms with E-state index in [9.17, 15) is 9.18 Å². The minimum atomic E-state index is -0.480. The zero-order chi connectivity index (χ0) is 21.9. The quantitative estimate of drug-likeness (QED) is 0.556. The highest BCUT2D eigenvalue weighted by Crippen LogP contribution is 2.27. The van der Waals surface area contributed by atoms with Gasteiger partial charge in [-0.3, -0.25) is 14.3 Å². The van der Waals surface area contributed by atoms with Crippen molar-refractivity contribution in [2.75, 3.05) is 39.5 Å². The molecule has 5 rings (SSSR count). The lowest BCUT2D eigenvalue weighted by molar-refractivity contribution is 0.119. The molecule has 0 unspecified atom stereocenters. The Labute approximate surface area is 189 Å². The Bertz CT molecular complexity index is 1190. The number of hydrogen-bond donors (Lipinski definition) is 0. The molecule has 2 aliphatic heterocycles. The van der Waals surface area contributed by atoms with E-state index in [1.165, 1.54) is 46.7 Å². The van der Waals surface area contributed by atoms with Crippen molar-refractivity contribution in [3.63, 3.8) is 0 Å². The molecule has 0 aliphatic carbocycles. The van der Waals surface area contributed by atoms with Crippen LogP contribution in [0, 0.1) is 5.82 Å². The Balaban J connectivity index is 1.35. The van der Waals surface area contributed by atoms with Crippen LogP contribution in [0.4, 0.5) is 4.39 Å². The summed E-state index contributed by atoms with van der Waals surface area (Å²) in [6, 6.07) is 6.55. The van der Waals surface area contributed by atoms with Crippen molar-refractivity contribution in [2.45, 2.75) is 25.7 Å². The minimum Gasteiger partial charge on any atom is -0.489 e. The summed E-state index contributed by atoms with van der Waals surface area (Å²) in [5, 5.41) is 0. The van der Waals surface area contributed by atoms with Crippen LogP contribution in [0.5, 0.6) is 5.75 Å². The second-order valence-corrected chi connectivity index (χ2v) is 9.29. The average molecular weight is 456 g/mol. The molecule has 4 heterocycles. The second-order valence-electron chi connectivity index (χ2n) is 8.21. The van der Waals surface area contributed by atoms with Crippen molar-refractivity contribution in [1.82, 2.24) is 14.5 Å². The molecular formula is C24H26FN3O3S. The number of halogens is 1. The summed E-state index contributed by atoms with van der Waals surface area (Å²) >= 11 is 1.42. The predicted octanol–water partition coefficient (Wildman–Crippen LogP) is 4.25. The molecule has 1 aromatic carbocycles. The third-order valence-electron chi connectivity index (χ3n) is 6.00. The van der Waals surface area contributed by atoms with Crippen molar-refractivity contribution in [3.8, 4) is 11.4 Å². The van der Waals surface area contributed by atoms with E-state index in [0.29, 0.717) is 22.5 Å². The number of thiophene rings is 1. The van der Waals surface area contributed by atoms with Crippen LogP contribution in [-0.4, -0.2) is 53.9 Å². The number of ether oxygens (including phenoxy) is 2. The highest BCUT2D eigenvalue weighted by atomic mass is 32.1. The summed E-state index contributed by atoms with van der Waals surface area (Å²) in [4.78, 5) is 20.8. The molecule has 3 aromatic rings. The Morgan fingerprint density at radius 2 is 2.00 bits per heavy atom. The Kier molecular flexibility index (Phi) is 6.34. The second kappa shape index (κ2) is 9.52. The number of fused-ring (bicyclic) bond motifs is 1. The van der Waals surface area contributed by atoms with Crippen LogP contribution >= 0.6 is 11.3 Å². The summed E-state index contributed by atoms with van der Waals surface area (Å²) in [6.07, 6.45) is 7.86. The lowest BCUT2D eigenvalue weighted by Crippen LogP contribution is -2.25. The fourth-order valence-electron chi connectivity index (χ4n) is 4.21. The molecule has 8 heteroatoms. The Morgan fingerprint density at radius 3 is 2.78 bits per heavy atom. The average Bonchev–Trinajstić information content (AvgIpc) is 3.46. The van der Waals surface area contributed by atoms with Crippen LogP contribution in [0.1, 0.15) is 30.6 Å². The fraction of sp³-hybridized carbons (Fsp3) is 0.417. The third-order valence-corrected chi connectivity index (χ3v) is 7.05. The SMILES string of the molecule is O=c1c2sc(C=C3CCOCC3)cc2ncn1-c1ccc(OCCN2CCCC2)c(F)c1. The zero-order valence-electron chi connectivity index (χ0n) is 17.9. The number of benzene rings is 1. The van der Waals surface area contributed by atoms with Gasteiger partial charge in [0, 0.05) is 17.5 Å². The van der Waals surface area contributed by atoms with Crippen molar-refractivity contribution < 1.29 is 13.9 Å². The van der Waals surface area contributed by atoms with Gasteiger partial charge in [0.05, 0.1) is 24.4 Å². The first-order valence-corrected chi connectivity index (χ1v) is 11.9. The van der Waals surface area contributed by atoms with Crippen molar-refractivity contribution in [3.05, 3.63) is 57.2 Å². The molecule has 0 spiro atoms. The molecule has 168 valence electrons. The van der Waals surface area contributed by atoms with Crippen LogP contribution < -0.4 is 10.3 Å². The fourth-order valence-corrected chi connectivity index (χ4v) is 5.25. The van der Waals surface area contributed by atoms with Crippen LogP contribution in [0.15, 0.2) is 41.0 Å². The number of aromatic nitrogens is 2. The Morgan fingerprint density at radius 1 is 1.19 bits per heavy atom. The maximum Gasteiger partial charge on any atom is 0.275 e. The van der Waals surface area contributed by atoms with E-state index in [1.807, 2.05) is 6.07 Å². The predicted molar refractivity (Wildman–Crippen MR) is 124 cm³/mol. The number of likely N-dealkylation sites (tertiary alicyclic amines) is 1. The van der Waals surface area contributed by atoms with E-state index in [-0.39, 0.29) is 11.3 Å². The van der Waals surface area contributed by atoms with Gasteiger partial charge in [0.2, 0.25) is 0 Å². The molecule has 32 heavy (non-hydrogen) atoms. The highest BCUT2D eigenvalue weighted by Gasteiger charge is 2.14. The minimum absolute atomic E-state index is 0.196. The first kappa shape index (κ1) is 21.3. The van der Waals surface area contributed by atoms with Gasteiger partial charge >= 0.3 is 0 Å². The van der Waals surface area contributed by atoms with Gasteiger partial charge in [-0.05, 0) is 63.0 Å². The molecule has 2 saturated heterocycles. The standard InChI is InChI=1S/C24H26FN3O3S/c25-20-14-18(3-4-22(20)31-12-9-27-7-1-2-8-27)28-16-26-21-15-19(32-23(21)24(28)29)13-17-5-10-30-11-6-17/h3-4,13-16H,1-2,5-12H2. The van der Waals surface area contributed by atoms with Crippen molar-refractivity contribution in [2.24, 2.45) is 0 Å². The summed E-state index contributed by atoms with van der Waals surface area (Å²) in [7, 11) is 0. The summed E-state index contributed by atoms with van der Waals surface area (Å²) in [5.41, 5.74) is 2.23.